The monoisotopic (exact) mass is 313 g/mol. The predicted molar refractivity (Wildman–Crippen MR) is 56.9 cm³/mol. The van der Waals surface area contributed by atoms with Crippen LogP contribution in [0.1, 0.15) is 18.7 Å². The molecule has 9 nitrogen and oxygen atoms in total. The summed E-state index contributed by atoms with van der Waals surface area (Å²) in [6.07, 6.45) is -3.04. The number of aromatic nitrogens is 4. The van der Waals surface area contributed by atoms with Gasteiger partial charge in [0.2, 0.25) is 0 Å². The summed E-state index contributed by atoms with van der Waals surface area (Å²) >= 11 is 0. The van der Waals surface area contributed by atoms with Gasteiger partial charge < -0.3 is 20.4 Å². The van der Waals surface area contributed by atoms with E-state index in [0.29, 0.717) is 18.7 Å². The van der Waals surface area contributed by atoms with Gasteiger partial charge in [-0.3, -0.25) is 0 Å². The maximum atomic E-state index is 11.0. The second kappa shape index (κ2) is 8.84. The van der Waals surface area contributed by atoms with E-state index in [4.69, 9.17) is 9.90 Å². The van der Waals surface area contributed by atoms with Crippen molar-refractivity contribution < 1.29 is 38.3 Å². The van der Waals surface area contributed by atoms with Gasteiger partial charge in [-0.15, -0.1) is 10.2 Å². The fourth-order valence-electron chi connectivity index (χ4n) is 1.08. The fourth-order valence-corrected chi connectivity index (χ4v) is 1.08. The van der Waals surface area contributed by atoms with E-state index in [1.165, 1.54) is 7.11 Å². The van der Waals surface area contributed by atoms with E-state index < -0.39 is 12.1 Å². The van der Waals surface area contributed by atoms with Gasteiger partial charge in [0, 0.05) is 12.8 Å². The molecule has 0 aromatic carbocycles. The van der Waals surface area contributed by atoms with Crippen molar-refractivity contribution in [1.29, 1.82) is 0 Å². The van der Waals surface area contributed by atoms with Crippen molar-refractivity contribution in [1.82, 2.24) is 20.6 Å². The SMILES string of the molecule is COC(=O)C([NH3+])CCCc1nn[nH]n1.O=C([O-])C(F)(F)F. The number of halogens is 3. The van der Waals surface area contributed by atoms with E-state index >= 15 is 0 Å². The Balaban J connectivity index is 0.000000486. The largest absolute Gasteiger partial charge is 0.542 e. The number of quaternary nitrogens is 1. The average molecular weight is 313 g/mol. The number of carboxylic acids is 1. The Kier molecular flexibility index (Phi) is 7.89. The lowest BCUT2D eigenvalue weighted by Crippen LogP contribution is -2.65. The number of nitrogens with zero attached hydrogens (tertiary/aromatic N) is 3. The number of hydrogen-bond acceptors (Lipinski definition) is 7. The zero-order valence-corrected chi connectivity index (χ0v) is 11.0. The van der Waals surface area contributed by atoms with Crippen LogP contribution < -0.4 is 10.8 Å². The van der Waals surface area contributed by atoms with Crippen LogP contribution in [0, 0.1) is 0 Å². The zero-order valence-electron chi connectivity index (χ0n) is 11.0. The molecule has 0 spiro atoms. The van der Waals surface area contributed by atoms with Crippen LogP contribution in [-0.2, 0) is 20.7 Å². The van der Waals surface area contributed by atoms with Gasteiger partial charge in [0.1, 0.15) is 5.97 Å². The van der Waals surface area contributed by atoms with Gasteiger partial charge in [-0.25, -0.2) is 4.79 Å². The zero-order chi connectivity index (χ0) is 16.5. The number of hydrogen-bond donors (Lipinski definition) is 2. The van der Waals surface area contributed by atoms with Crippen molar-refractivity contribution in [2.45, 2.75) is 31.5 Å². The van der Waals surface area contributed by atoms with Gasteiger partial charge in [-0.2, -0.15) is 18.4 Å². The number of nitrogens with one attached hydrogen (secondary N) is 1. The number of carboxylic acid groups (broad SMARTS) is 1. The molecular formula is C9H14F3N5O4. The quantitative estimate of drug-likeness (QED) is 0.576. The van der Waals surface area contributed by atoms with E-state index in [-0.39, 0.29) is 12.0 Å². The number of methoxy groups -OCH3 is 1. The Morgan fingerprint density at radius 2 is 2.05 bits per heavy atom. The number of rotatable bonds is 5. The maximum Gasteiger partial charge on any atom is 0.430 e. The number of aliphatic carboxylic acids is 1. The van der Waals surface area contributed by atoms with Crippen LogP contribution in [0.15, 0.2) is 0 Å². The number of carbonyl (C=O) groups is 2. The Morgan fingerprint density at radius 3 is 2.43 bits per heavy atom. The van der Waals surface area contributed by atoms with Gasteiger partial charge in [0.05, 0.1) is 7.11 Å². The molecule has 120 valence electrons. The Labute approximate surface area is 116 Å². The van der Waals surface area contributed by atoms with Gasteiger partial charge in [-0.05, 0) is 6.42 Å². The predicted octanol–water partition coefficient (Wildman–Crippen LogP) is -2.40. The summed E-state index contributed by atoms with van der Waals surface area (Å²) in [4.78, 5) is 19.8. The van der Waals surface area contributed by atoms with Crippen LogP contribution >= 0.6 is 0 Å². The number of H-pyrrole nitrogens is 1. The number of alkyl halides is 3. The van der Waals surface area contributed by atoms with E-state index in [1.807, 2.05) is 0 Å². The van der Waals surface area contributed by atoms with Crippen LogP contribution in [0.3, 0.4) is 0 Å². The van der Waals surface area contributed by atoms with E-state index in [0.717, 1.165) is 6.42 Å². The lowest BCUT2D eigenvalue weighted by Gasteiger charge is -2.04. The maximum absolute atomic E-state index is 11.0. The molecule has 0 aliphatic carbocycles. The Hall–Kier alpha value is -2.24. The van der Waals surface area contributed by atoms with Gasteiger partial charge in [0.15, 0.2) is 11.9 Å². The van der Waals surface area contributed by atoms with Crippen molar-refractivity contribution in [2.75, 3.05) is 7.11 Å². The average Bonchev–Trinajstić information content (AvgIpc) is 2.90. The van der Waals surface area contributed by atoms with Gasteiger partial charge in [0.25, 0.3) is 0 Å². The molecule has 0 saturated carbocycles. The molecule has 1 atom stereocenters. The van der Waals surface area contributed by atoms with Crippen molar-refractivity contribution >= 4 is 11.9 Å². The first kappa shape index (κ1) is 18.8. The van der Waals surface area contributed by atoms with Crippen LogP contribution in [0.5, 0.6) is 0 Å². The molecule has 21 heavy (non-hydrogen) atoms. The van der Waals surface area contributed by atoms with Crippen LogP contribution in [0.4, 0.5) is 13.2 Å². The molecule has 1 unspecified atom stereocenters. The van der Waals surface area contributed by atoms with Crippen LogP contribution in [-0.4, -0.2) is 51.9 Å². The number of carbonyl (C=O) groups excluding carboxylic acids is 2. The number of aryl methyl sites for hydroxylation is 1. The minimum atomic E-state index is -5.19. The van der Waals surface area contributed by atoms with Crippen molar-refractivity contribution in [3.05, 3.63) is 5.82 Å². The molecule has 1 aromatic heterocycles. The molecule has 0 saturated heterocycles. The molecule has 0 radical (unpaired) electrons. The summed E-state index contributed by atoms with van der Waals surface area (Å²) in [5.41, 5.74) is 3.69. The summed E-state index contributed by atoms with van der Waals surface area (Å²) in [7, 11) is 1.36. The summed E-state index contributed by atoms with van der Waals surface area (Å²) in [6, 6.07) is -0.313. The molecule has 0 bridgehead atoms. The summed E-state index contributed by atoms with van der Waals surface area (Å²) in [5.74, 6) is -2.63. The minimum absolute atomic E-state index is 0.280. The molecule has 1 aromatic rings. The third-order valence-corrected chi connectivity index (χ3v) is 2.11. The molecule has 1 rings (SSSR count). The van der Waals surface area contributed by atoms with Crippen molar-refractivity contribution in [3.8, 4) is 0 Å². The molecule has 0 aliphatic heterocycles. The normalized spacial score (nSPS) is 12.0. The third kappa shape index (κ3) is 8.52. The summed E-state index contributed by atoms with van der Waals surface area (Å²) in [6.45, 7) is 0. The van der Waals surface area contributed by atoms with Crippen LogP contribution in [0.25, 0.3) is 0 Å². The molecule has 4 N–H and O–H groups in total. The molecular weight excluding hydrogens is 299 g/mol. The number of ether oxygens (including phenoxy) is 1. The number of tetrazole rings is 1. The highest BCUT2D eigenvalue weighted by atomic mass is 19.4. The third-order valence-electron chi connectivity index (χ3n) is 2.11. The molecule has 12 heteroatoms. The lowest BCUT2D eigenvalue weighted by atomic mass is 10.1. The molecule has 0 fully saturated rings. The van der Waals surface area contributed by atoms with Gasteiger partial charge in [-0.1, -0.05) is 5.21 Å². The van der Waals surface area contributed by atoms with Gasteiger partial charge >= 0.3 is 12.1 Å². The first-order valence-corrected chi connectivity index (χ1v) is 5.59. The standard InChI is InChI=1S/C7H13N5O2.C2HF3O2/c1-14-7(13)5(8)3-2-4-6-9-11-12-10-6;3-2(4,5)1(6)7/h5H,2-4,8H2,1H3,(H,9,10,11,12);(H,6,7). The first-order chi connectivity index (χ1) is 9.68. The molecule has 0 amide bonds. The second-order valence-electron chi connectivity index (χ2n) is 3.73. The van der Waals surface area contributed by atoms with E-state index in [2.05, 4.69) is 31.1 Å². The van der Waals surface area contributed by atoms with E-state index in [9.17, 15) is 18.0 Å². The number of esters is 1. The number of aromatic amines is 1. The minimum Gasteiger partial charge on any atom is -0.542 e. The molecule has 1 heterocycles. The fraction of sp³-hybridized carbons (Fsp3) is 0.667. The van der Waals surface area contributed by atoms with Crippen LogP contribution in [0.2, 0.25) is 0 Å². The summed E-state index contributed by atoms with van der Waals surface area (Å²) < 4.78 is 36.1. The highest BCUT2D eigenvalue weighted by molar-refractivity contribution is 5.73. The lowest BCUT2D eigenvalue weighted by molar-refractivity contribution is -0.409. The second-order valence-corrected chi connectivity index (χ2v) is 3.73. The Morgan fingerprint density at radius 1 is 1.48 bits per heavy atom. The topological polar surface area (TPSA) is 149 Å². The first-order valence-electron chi connectivity index (χ1n) is 5.59. The smallest absolute Gasteiger partial charge is 0.430 e. The highest BCUT2D eigenvalue weighted by Gasteiger charge is 2.28. The van der Waals surface area contributed by atoms with Crippen molar-refractivity contribution in [3.63, 3.8) is 0 Å². The molecule has 0 aliphatic rings. The highest BCUT2D eigenvalue weighted by Crippen LogP contribution is 2.11. The van der Waals surface area contributed by atoms with Crippen molar-refractivity contribution in [2.24, 2.45) is 0 Å². The summed E-state index contributed by atoms with van der Waals surface area (Å²) in [5, 5.41) is 22.2. The Bertz CT molecular complexity index is 437. The van der Waals surface area contributed by atoms with E-state index in [1.54, 1.807) is 0 Å².